The minimum absolute atomic E-state index is 0.170. The SMILES string of the molecule is COc1ccc(S(=O)(=O)NCCCCc2ccccc2)cc1OC. The van der Waals surface area contributed by atoms with E-state index in [4.69, 9.17) is 9.47 Å². The van der Waals surface area contributed by atoms with Crippen molar-refractivity contribution in [2.24, 2.45) is 0 Å². The molecule has 2 aromatic rings. The molecule has 0 saturated carbocycles. The van der Waals surface area contributed by atoms with E-state index in [9.17, 15) is 8.42 Å². The van der Waals surface area contributed by atoms with Crippen LogP contribution in [0, 0.1) is 0 Å². The number of hydrogen-bond donors (Lipinski definition) is 1. The van der Waals surface area contributed by atoms with E-state index in [0.717, 1.165) is 19.3 Å². The maximum Gasteiger partial charge on any atom is 0.240 e. The van der Waals surface area contributed by atoms with Gasteiger partial charge in [0.25, 0.3) is 0 Å². The normalized spacial score (nSPS) is 11.2. The molecule has 0 aliphatic rings. The van der Waals surface area contributed by atoms with Crippen LogP contribution in [0.4, 0.5) is 0 Å². The molecule has 0 fully saturated rings. The van der Waals surface area contributed by atoms with E-state index in [-0.39, 0.29) is 4.90 Å². The highest BCUT2D eigenvalue weighted by Crippen LogP contribution is 2.29. The summed E-state index contributed by atoms with van der Waals surface area (Å²) in [4.78, 5) is 0.170. The molecule has 24 heavy (non-hydrogen) atoms. The third-order valence-corrected chi connectivity index (χ3v) is 5.15. The largest absolute Gasteiger partial charge is 0.493 e. The minimum atomic E-state index is -3.55. The van der Waals surface area contributed by atoms with Crippen LogP contribution in [-0.2, 0) is 16.4 Å². The zero-order valence-corrected chi connectivity index (χ0v) is 14.8. The van der Waals surface area contributed by atoms with Crippen molar-refractivity contribution >= 4 is 10.0 Å². The molecule has 0 amide bonds. The van der Waals surface area contributed by atoms with Crippen molar-refractivity contribution in [1.29, 1.82) is 0 Å². The Labute approximate surface area is 143 Å². The average Bonchev–Trinajstić information content (AvgIpc) is 2.61. The third-order valence-electron chi connectivity index (χ3n) is 3.69. The van der Waals surface area contributed by atoms with Gasteiger partial charge < -0.3 is 9.47 Å². The molecule has 0 radical (unpaired) electrons. The van der Waals surface area contributed by atoms with Gasteiger partial charge in [0.2, 0.25) is 10.0 Å². The summed E-state index contributed by atoms with van der Waals surface area (Å²) in [6, 6.07) is 14.7. The van der Waals surface area contributed by atoms with Crippen LogP contribution >= 0.6 is 0 Å². The summed E-state index contributed by atoms with van der Waals surface area (Å²) in [7, 11) is -0.560. The van der Waals surface area contributed by atoms with Gasteiger partial charge in [0.15, 0.2) is 11.5 Å². The molecule has 1 N–H and O–H groups in total. The summed E-state index contributed by atoms with van der Waals surface area (Å²) in [5.41, 5.74) is 1.26. The van der Waals surface area contributed by atoms with Crippen LogP contribution in [0.15, 0.2) is 53.4 Å². The summed E-state index contributed by atoms with van der Waals surface area (Å²) in [5, 5.41) is 0. The van der Waals surface area contributed by atoms with E-state index in [1.54, 1.807) is 6.07 Å². The quantitative estimate of drug-likeness (QED) is 0.707. The van der Waals surface area contributed by atoms with Crippen molar-refractivity contribution in [1.82, 2.24) is 4.72 Å². The van der Waals surface area contributed by atoms with Crippen molar-refractivity contribution < 1.29 is 17.9 Å². The highest BCUT2D eigenvalue weighted by molar-refractivity contribution is 7.89. The highest BCUT2D eigenvalue weighted by Gasteiger charge is 2.16. The first-order chi connectivity index (χ1) is 11.6. The fourth-order valence-electron chi connectivity index (χ4n) is 2.37. The molecule has 6 heteroatoms. The molecule has 0 aromatic heterocycles. The second kappa shape index (κ2) is 8.70. The molecule has 5 nitrogen and oxygen atoms in total. The summed E-state index contributed by atoms with van der Waals surface area (Å²) < 4.78 is 37.5. The van der Waals surface area contributed by atoms with Crippen molar-refractivity contribution in [3.8, 4) is 11.5 Å². The monoisotopic (exact) mass is 349 g/mol. The van der Waals surface area contributed by atoms with Crippen LogP contribution in [0.3, 0.4) is 0 Å². The number of ether oxygens (including phenoxy) is 2. The first-order valence-corrected chi connectivity index (χ1v) is 9.31. The summed E-state index contributed by atoms with van der Waals surface area (Å²) in [6.45, 7) is 0.406. The molecule has 2 aromatic carbocycles. The molecular weight excluding hydrogens is 326 g/mol. The Kier molecular flexibility index (Phi) is 6.63. The Morgan fingerprint density at radius 2 is 1.62 bits per heavy atom. The van der Waals surface area contributed by atoms with Gasteiger partial charge in [0.1, 0.15) is 0 Å². The van der Waals surface area contributed by atoms with Gasteiger partial charge in [0, 0.05) is 12.6 Å². The van der Waals surface area contributed by atoms with Crippen LogP contribution in [0.1, 0.15) is 18.4 Å². The average molecular weight is 349 g/mol. The smallest absolute Gasteiger partial charge is 0.240 e. The number of hydrogen-bond acceptors (Lipinski definition) is 4. The molecular formula is C18H23NO4S. The minimum Gasteiger partial charge on any atom is -0.493 e. The lowest BCUT2D eigenvalue weighted by atomic mass is 10.1. The van der Waals surface area contributed by atoms with Gasteiger partial charge in [-0.15, -0.1) is 0 Å². The molecule has 0 atom stereocenters. The Bertz CT molecular complexity index is 745. The molecule has 2 rings (SSSR count). The standard InChI is InChI=1S/C18H23NO4S/c1-22-17-12-11-16(14-18(17)23-2)24(20,21)19-13-7-6-10-15-8-4-3-5-9-15/h3-5,8-9,11-12,14,19H,6-7,10,13H2,1-2H3. The zero-order valence-electron chi connectivity index (χ0n) is 14.0. The highest BCUT2D eigenvalue weighted by atomic mass is 32.2. The van der Waals surface area contributed by atoms with Crippen molar-refractivity contribution in [2.45, 2.75) is 24.2 Å². The summed E-state index contributed by atoms with van der Waals surface area (Å²) >= 11 is 0. The van der Waals surface area contributed by atoms with E-state index in [0.29, 0.717) is 18.0 Å². The van der Waals surface area contributed by atoms with Crippen LogP contribution < -0.4 is 14.2 Å². The predicted molar refractivity (Wildman–Crippen MR) is 94.1 cm³/mol. The van der Waals surface area contributed by atoms with Gasteiger partial charge in [-0.25, -0.2) is 13.1 Å². The second-order valence-electron chi connectivity index (χ2n) is 5.36. The molecule has 0 heterocycles. The van der Waals surface area contributed by atoms with E-state index >= 15 is 0 Å². The number of unbranched alkanes of at least 4 members (excludes halogenated alkanes) is 1. The van der Waals surface area contributed by atoms with E-state index in [1.807, 2.05) is 18.2 Å². The molecule has 0 aliphatic carbocycles. The molecule has 130 valence electrons. The van der Waals surface area contributed by atoms with E-state index < -0.39 is 10.0 Å². The molecule has 0 unspecified atom stereocenters. The molecule has 0 aliphatic heterocycles. The number of aryl methyl sites for hydroxylation is 1. The van der Waals surface area contributed by atoms with Gasteiger partial charge in [-0.2, -0.15) is 0 Å². The maximum absolute atomic E-state index is 12.3. The summed E-state index contributed by atoms with van der Waals surface area (Å²) in [5.74, 6) is 0.892. The number of rotatable bonds is 9. The van der Waals surface area contributed by atoms with Gasteiger partial charge in [0.05, 0.1) is 19.1 Å². The van der Waals surface area contributed by atoms with Gasteiger partial charge in [-0.1, -0.05) is 30.3 Å². The Hall–Kier alpha value is -2.05. The van der Waals surface area contributed by atoms with Gasteiger partial charge in [-0.3, -0.25) is 0 Å². The van der Waals surface area contributed by atoms with Crippen LogP contribution in [-0.4, -0.2) is 29.2 Å². The summed E-state index contributed by atoms with van der Waals surface area (Å²) in [6.07, 6.45) is 2.65. The lowest BCUT2D eigenvalue weighted by Crippen LogP contribution is -2.24. The topological polar surface area (TPSA) is 64.6 Å². The number of methoxy groups -OCH3 is 2. The second-order valence-corrected chi connectivity index (χ2v) is 7.12. The number of benzene rings is 2. The third kappa shape index (κ3) is 4.97. The lowest BCUT2D eigenvalue weighted by molar-refractivity contribution is 0.354. The first-order valence-electron chi connectivity index (χ1n) is 7.82. The number of sulfonamides is 1. The molecule has 0 bridgehead atoms. The fourth-order valence-corrected chi connectivity index (χ4v) is 3.46. The lowest BCUT2D eigenvalue weighted by Gasteiger charge is -2.11. The maximum atomic E-state index is 12.3. The van der Waals surface area contributed by atoms with Crippen molar-refractivity contribution in [3.05, 3.63) is 54.1 Å². The van der Waals surface area contributed by atoms with Crippen molar-refractivity contribution in [3.63, 3.8) is 0 Å². The Morgan fingerprint density at radius 3 is 2.29 bits per heavy atom. The predicted octanol–water partition coefficient (Wildman–Crippen LogP) is 3.01. The van der Waals surface area contributed by atoms with E-state index in [1.165, 1.54) is 31.9 Å². The molecule has 0 spiro atoms. The van der Waals surface area contributed by atoms with Gasteiger partial charge in [-0.05, 0) is 37.0 Å². The zero-order chi connectivity index (χ0) is 17.4. The Morgan fingerprint density at radius 1 is 0.917 bits per heavy atom. The Balaban J connectivity index is 1.87. The molecule has 0 saturated heterocycles. The van der Waals surface area contributed by atoms with Crippen molar-refractivity contribution in [2.75, 3.05) is 20.8 Å². The number of nitrogens with one attached hydrogen (secondary N) is 1. The first kappa shape index (κ1) is 18.3. The van der Waals surface area contributed by atoms with Crippen LogP contribution in [0.25, 0.3) is 0 Å². The van der Waals surface area contributed by atoms with E-state index in [2.05, 4.69) is 16.9 Å². The van der Waals surface area contributed by atoms with Crippen LogP contribution in [0.5, 0.6) is 11.5 Å². The van der Waals surface area contributed by atoms with Crippen LogP contribution in [0.2, 0.25) is 0 Å². The fraction of sp³-hybridized carbons (Fsp3) is 0.333. The van der Waals surface area contributed by atoms with Gasteiger partial charge >= 0.3 is 0 Å².